The molecule has 0 bridgehead atoms. The van der Waals surface area contributed by atoms with E-state index in [9.17, 15) is 23.1 Å². The molecule has 0 aromatic heterocycles. The Labute approximate surface area is 136 Å². The van der Waals surface area contributed by atoms with Crippen LogP contribution in [0.2, 0.25) is 0 Å². The molecule has 0 heterocycles. The lowest BCUT2D eigenvalue weighted by Gasteiger charge is -2.13. The van der Waals surface area contributed by atoms with Crippen molar-refractivity contribution in [2.75, 3.05) is 13.7 Å². The van der Waals surface area contributed by atoms with Crippen LogP contribution < -0.4 is 4.74 Å². The number of ether oxygens (including phenoxy) is 2. The summed E-state index contributed by atoms with van der Waals surface area (Å²) in [5.74, 6) is -7.70. The Morgan fingerprint density at radius 3 is 2.46 bits per heavy atom. The summed E-state index contributed by atoms with van der Waals surface area (Å²) < 4.78 is 50.7. The number of esters is 1. The van der Waals surface area contributed by atoms with Crippen LogP contribution in [0.3, 0.4) is 0 Å². The number of benzene rings is 1. The molecule has 0 atom stereocenters. The molecule has 130 valence electrons. The van der Waals surface area contributed by atoms with Crippen molar-refractivity contribution >= 4 is 17.4 Å². The zero-order chi connectivity index (χ0) is 18.0. The van der Waals surface area contributed by atoms with E-state index in [0.29, 0.717) is 18.9 Å². The zero-order valence-electron chi connectivity index (χ0n) is 13.1. The van der Waals surface area contributed by atoms with Crippen molar-refractivity contribution in [3.8, 4) is 5.75 Å². The smallest absolute Gasteiger partial charge is 0.343 e. The first-order valence-corrected chi connectivity index (χ1v) is 7.24. The van der Waals surface area contributed by atoms with E-state index in [2.05, 4.69) is 4.74 Å². The summed E-state index contributed by atoms with van der Waals surface area (Å²) >= 11 is 0. The fourth-order valence-corrected chi connectivity index (χ4v) is 2.18. The van der Waals surface area contributed by atoms with Gasteiger partial charge in [0.1, 0.15) is 11.3 Å². The first-order valence-electron chi connectivity index (χ1n) is 7.24. The molecule has 1 aromatic carbocycles. The maximum Gasteiger partial charge on any atom is 0.343 e. The zero-order valence-corrected chi connectivity index (χ0v) is 13.1. The summed E-state index contributed by atoms with van der Waals surface area (Å²) in [5, 5.41) is 18.3. The third-order valence-corrected chi connectivity index (χ3v) is 3.55. The van der Waals surface area contributed by atoms with Gasteiger partial charge in [0.25, 0.3) is 0 Å². The minimum atomic E-state index is -1.55. The van der Waals surface area contributed by atoms with Crippen molar-refractivity contribution in [2.45, 2.75) is 19.8 Å². The predicted molar refractivity (Wildman–Crippen MR) is 79.5 cm³/mol. The van der Waals surface area contributed by atoms with E-state index >= 15 is 0 Å². The van der Waals surface area contributed by atoms with Crippen LogP contribution in [-0.4, -0.2) is 30.5 Å². The maximum atomic E-state index is 14.3. The van der Waals surface area contributed by atoms with Gasteiger partial charge in [0.2, 0.25) is 5.82 Å². The highest BCUT2D eigenvalue weighted by atomic mass is 19.2. The Hall–Kier alpha value is -2.51. The molecular formula is C16H16F3NO4. The van der Waals surface area contributed by atoms with E-state index in [0.717, 1.165) is 7.11 Å². The van der Waals surface area contributed by atoms with Gasteiger partial charge in [-0.15, -0.1) is 0 Å². The summed E-state index contributed by atoms with van der Waals surface area (Å²) in [6, 6.07) is 0.405. The fourth-order valence-electron chi connectivity index (χ4n) is 2.18. The number of hydrogen-bond donors (Lipinski definition) is 2. The summed E-state index contributed by atoms with van der Waals surface area (Å²) in [4.78, 5) is 12.0. The molecule has 1 aliphatic rings. The summed E-state index contributed by atoms with van der Waals surface area (Å²) in [7, 11) is 0.934. The second-order valence-electron chi connectivity index (χ2n) is 5.20. The van der Waals surface area contributed by atoms with Crippen molar-refractivity contribution in [1.82, 2.24) is 0 Å². The lowest BCUT2D eigenvalue weighted by Crippen LogP contribution is -2.19. The summed E-state index contributed by atoms with van der Waals surface area (Å²) in [6.45, 7) is 1.49. The van der Waals surface area contributed by atoms with Crippen molar-refractivity contribution < 1.29 is 32.5 Å². The van der Waals surface area contributed by atoms with Gasteiger partial charge in [-0.25, -0.2) is 13.6 Å². The highest BCUT2D eigenvalue weighted by Crippen LogP contribution is 2.36. The predicted octanol–water partition coefficient (Wildman–Crippen LogP) is 3.37. The van der Waals surface area contributed by atoms with Gasteiger partial charge in [0.15, 0.2) is 17.4 Å². The van der Waals surface area contributed by atoms with E-state index in [-0.39, 0.29) is 18.2 Å². The number of carbonyl (C=O) groups is 1. The Morgan fingerprint density at radius 1 is 1.33 bits per heavy atom. The van der Waals surface area contributed by atoms with Gasteiger partial charge in [-0.3, -0.25) is 0 Å². The van der Waals surface area contributed by atoms with Crippen molar-refractivity contribution in [3.63, 3.8) is 0 Å². The number of carbonyl (C=O) groups excluding carboxylic acids is 1. The molecule has 0 saturated heterocycles. The van der Waals surface area contributed by atoms with Gasteiger partial charge in [0.05, 0.1) is 25.0 Å². The topological polar surface area (TPSA) is 79.6 Å². The molecule has 0 aliphatic heterocycles. The van der Waals surface area contributed by atoms with Gasteiger partial charge in [-0.2, -0.15) is 4.39 Å². The number of aliphatic hydroxyl groups is 1. The van der Waals surface area contributed by atoms with E-state index in [1.807, 2.05) is 0 Å². The van der Waals surface area contributed by atoms with Crippen molar-refractivity contribution in [2.24, 2.45) is 5.92 Å². The highest BCUT2D eigenvalue weighted by Gasteiger charge is 2.35. The normalized spacial score (nSPS) is 14.9. The molecule has 0 spiro atoms. The molecule has 0 radical (unpaired) electrons. The quantitative estimate of drug-likeness (QED) is 0.273. The largest absolute Gasteiger partial charge is 0.506 e. The first-order chi connectivity index (χ1) is 11.3. The highest BCUT2D eigenvalue weighted by molar-refractivity contribution is 6.24. The number of rotatable bonds is 6. The molecule has 0 amide bonds. The van der Waals surface area contributed by atoms with Crippen LogP contribution in [-0.2, 0) is 9.53 Å². The van der Waals surface area contributed by atoms with Crippen LogP contribution in [0.25, 0.3) is 5.76 Å². The monoisotopic (exact) mass is 343 g/mol. The molecule has 2 N–H and O–H groups in total. The second kappa shape index (κ2) is 6.94. The van der Waals surface area contributed by atoms with Crippen LogP contribution in [0, 0.1) is 28.8 Å². The number of aliphatic hydroxyl groups excluding tert-OH is 1. The number of nitrogens with one attached hydrogen (secondary N) is 1. The van der Waals surface area contributed by atoms with Crippen LogP contribution in [0.4, 0.5) is 13.2 Å². The molecular weight excluding hydrogens is 327 g/mol. The second-order valence-corrected chi connectivity index (χ2v) is 5.20. The maximum absolute atomic E-state index is 14.3. The van der Waals surface area contributed by atoms with Crippen LogP contribution >= 0.6 is 0 Å². The molecule has 24 heavy (non-hydrogen) atoms. The minimum Gasteiger partial charge on any atom is -0.506 e. The Morgan fingerprint density at radius 2 is 1.96 bits per heavy atom. The van der Waals surface area contributed by atoms with E-state index < -0.39 is 46.1 Å². The Kier molecular flexibility index (Phi) is 5.16. The molecule has 0 unspecified atom stereocenters. The van der Waals surface area contributed by atoms with Gasteiger partial charge in [-0.1, -0.05) is 0 Å². The van der Waals surface area contributed by atoms with Crippen LogP contribution in [0.5, 0.6) is 5.75 Å². The minimum absolute atomic E-state index is 0.0306. The van der Waals surface area contributed by atoms with E-state index in [4.69, 9.17) is 10.1 Å². The van der Waals surface area contributed by atoms with Crippen molar-refractivity contribution in [1.29, 1.82) is 5.41 Å². The molecule has 5 nitrogen and oxygen atoms in total. The number of halogens is 3. The van der Waals surface area contributed by atoms with Crippen LogP contribution in [0.1, 0.15) is 25.3 Å². The standard InChI is InChI=1S/C16H16F3NO4/c1-3-24-16(22)10(13(20)7-4-5-7)14(21)8-6-9(17)12(19)15(23-2)11(8)18/h6-7,20-21H,3-5H2,1-2H3. The summed E-state index contributed by atoms with van der Waals surface area (Å²) in [5.41, 5.74) is -1.57. The Bertz CT molecular complexity index is 727. The Balaban J connectivity index is 2.65. The molecule has 8 heteroatoms. The molecule has 1 aromatic rings. The van der Waals surface area contributed by atoms with Crippen LogP contribution in [0.15, 0.2) is 11.6 Å². The average molecular weight is 343 g/mol. The van der Waals surface area contributed by atoms with E-state index in [1.54, 1.807) is 0 Å². The lowest BCUT2D eigenvalue weighted by molar-refractivity contribution is -0.137. The number of methoxy groups -OCH3 is 1. The van der Waals surface area contributed by atoms with Gasteiger partial charge in [0, 0.05) is 5.92 Å². The SMILES string of the molecule is CCOC(=O)C(C(=N)C1CC1)=C(O)c1cc(F)c(F)c(OC)c1F. The third kappa shape index (κ3) is 3.22. The first kappa shape index (κ1) is 17.8. The van der Waals surface area contributed by atoms with Gasteiger partial charge in [-0.05, 0) is 25.8 Å². The van der Waals surface area contributed by atoms with Gasteiger partial charge < -0.3 is 20.0 Å². The molecule has 1 saturated carbocycles. The lowest BCUT2D eigenvalue weighted by atomic mass is 10.0. The molecule has 1 fully saturated rings. The number of hydrogen-bond acceptors (Lipinski definition) is 5. The van der Waals surface area contributed by atoms with E-state index in [1.165, 1.54) is 6.92 Å². The van der Waals surface area contributed by atoms with Gasteiger partial charge >= 0.3 is 5.97 Å². The summed E-state index contributed by atoms with van der Waals surface area (Å²) in [6.07, 6.45) is 1.28. The average Bonchev–Trinajstić information content (AvgIpc) is 3.36. The fraction of sp³-hybridized carbons (Fsp3) is 0.375. The van der Waals surface area contributed by atoms with Crippen molar-refractivity contribution in [3.05, 3.63) is 34.7 Å². The molecule has 1 aliphatic carbocycles. The molecule has 2 rings (SSSR count). The third-order valence-electron chi connectivity index (χ3n) is 3.55.